The predicted octanol–water partition coefficient (Wildman–Crippen LogP) is 7.57. The molecule has 0 amide bonds. The molecule has 1 heterocycles. The molecule has 0 aliphatic rings. The minimum Gasteiger partial charge on any atom is -0.454 e. The lowest BCUT2D eigenvalue weighted by molar-refractivity contribution is 0.669. The first-order valence-electron chi connectivity index (χ1n) is 8.57. The first kappa shape index (κ1) is 15.2. The standard InChI is InChI=1S/C24H15ClO/c25-22-12-6-11-20-21-15-17(13-14-23(21)26-24(20)22)19-10-5-4-9-18(19)16-7-2-1-3-8-16/h1-15H. The molecule has 2 heteroatoms. The molecular formula is C24H15ClO. The van der Waals surface area contributed by atoms with Gasteiger partial charge in [0.2, 0.25) is 0 Å². The van der Waals surface area contributed by atoms with Crippen molar-refractivity contribution in [1.82, 2.24) is 0 Å². The molecule has 0 saturated carbocycles. The molecule has 0 unspecified atom stereocenters. The Bertz CT molecular complexity index is 1240. The fraction of sp³-hybridized carbons (Fsp3) is 0. The van der Waals surface area contributed by atoms with Crippen molar-refractivity contribution in [1.29, 1.82) is 0 Å². The maximum atomic E-state index is 6.30. The second-order valence-corrected chi connectivity index (χ2v) is 6.75. The molecule has 0 aliphatic carbocycles. The fourth-order valence-corrected chi connectivity index (χ4v) is 3.75. The molecule has 0 N–H and O–H groups in total. The van der Waals surface area contributed by atoms with E-state index in [2.05, 4.69) is 66.7 Å². The first-order chi connectivity index (χ1) is 12.8. The summed E-state index contributed by atoms with van der Waals surface area (Å²) in [5.41, 5.74) is 6.41. The Morgan fingerprint density at radius 3 is 2.12 bits per heavy atom. The monoisotopic (exact) mass is 354 g/mol. The van der Waals surface area contributed by atoms with Gasteiger partial charge in [-0.3, -0.25) is 0 Å². The summed E-state index contributed by atoms with van der Waals surface area (Å²) in [6, 6.07) is 31.2. The average Bonchev–Trinajstić information content (AvgIpc) is 3.08. The van der Waals surface area contributed by atoms with Gasteiger partial charge in [0.15, 0.2) is 5.58 Å². The SMILES string of the molecule is Clc1cccc2c1oc1ccc(-c3ccccc3-c3ccccc3)cc12. The van der Waals surface area contributed by atoms with Crippen LogP contribution in [0.15, 0.2) is 95.4 Å². The van der Waals surface area contributed by atoms with E-state index in [1.807, 2.05) is 24.3 Å². The van der Waals surface area contributed by atoms with Crippen LogP contribution >= 0.6 is 11.6 Å². The van der Waals surface area contributed by atoms with Crippen LogP contribution in [0.3, 0.4) is 0 Å². The van der Waals surface area contributed by atoms with Crippen LogP contribution in [-0.2, 0) is 0 Å². The number of hydrogen-bond acceptors (Lipinski definition) is 1. The molecule has 26 heavy (non-hydrogen) atoms. The summed E-state index contributed by atoms with van der Waals surface area (Å²) in [6.07, 6.45) is 0. The van der Waals surface area contributed by atoms with Crippen molar-refractivity contribution >= 4 is 33.5 Å². The molecule has 5 aromatic rings. The summed E-state index contributed by atoms with van der Waals surface area (Å²) in [6.45, 7) is 0. The van der Waals surface area contributed by atoms with Gasteiger partial charge in [-0.1, -0.05) is 84.4 Å². The summed E-state index contributed by atoms with van der Waals surface area (Å²) in [5, 5.41) is 2.78. The smallest absolute Gasteiger partial charge is 0.153 e. The van der Waals surface area contributed by atoms with E-state index in [1.165, 1.54) is 22.3 Å². The highest BCUT2D eigenvalue weighted by Gasteiger charge is 2.12. The van der Waals surface area contributed by atoms with Crippen molar-refractivity contribution in [3.8, 4) is 22.3 Å². The largest absolute Gasteiger partial charge is 0.454 e. The van der Waals surface area contributed by atoms with Gasteiger partial charge in [0.1, 0.15) is 5.58 Å². The van der Waals surface area contributed by atoms with Crippen molar-refractivity contribution in [2.75, 3.05) is 0 Å². The van der Waals surface area contributed by atoms with Gasteiger partial charge >= 0.3 is 0 Å². The summed E-state index contributed by atoms with van der Waals surface area (Å²) < 4.78 is 5.96. The second-order valence-electron chi connectivity index (χ2n) is 6.34. The van der Waals surface area contributed by atoms with Gasteiger partial charge in [0, 0.05) is 10.8 Å². The molecule has 0 atom stereocenters. The number of fused-ring (bicyclic) bond motifs is 3. The normalized spacial score (nSPS) is 11.3. The predicted molar refractivity (Wildman–Crippen MR) is 110 cm³/mol. The van der Waals surface area contributed by atoms with E-state index in [0.29, 0.717) is 5.02 Å². The van der Waals surface area contributed by atoms with Gasteiger partial charge in [-0.25, -0.2) is 0 Å². The van der Waals surface area contributed by atoms with Gasteiger partial charge in [0.05, 0.1) is 5.02 Å². The van der Waals surface area contributed by atoms with Crippen molar-refractivity contribution in [2.24, 2.45) is 0 Å². The second kappa shape index (κ2) is 6.05. The van der Waals surface area contributed by atoms with E-state index in [0.717, 1.165) is 21.9 Å². The third-order valence-corrected chi connectivity index (χ3v) is 5.07. The zero-order valence-corrected chi connectivity index (χ0v) is 14.7. The molecule has 1 nitrogen and oxygen atoms in total. The first-order valence-corrected chi connectivity index (χ1v) is 8.95. The summed E-state index contributed by atoms with van der Waals surface area (Å²) in [4.78, 5) is 0. The molecule has 0 aliphatic heterocycles. The van der Waals surface area contributed by atoms with Crippen LogP contribution in [0, 0.1) is 0 Å². The van der Waals surface area contributed by atoms with Crippen LogP contribution in [0.25, 0.3) is 44.2 Å². The number of furan rings is 1. The molecule has 5 rings (SSSR count). The maximum Gasteiger partial charge on any atom is 0.153 e. The van der Waals surface area contributed by atoms with Crippen LogP contribution in [0.4, 0.5) is 0 Å². The van der Waals surface area contributed by atoms with Crippen LogP contribution in [0.1, 0.15) is 0 Å². The van der Waals surface area contributed by atoms with E-state index >= 15 is 0 Å². The van der Waals surface area contributed by atoms with Gasteiger partial charge < -0.3 is 4.42 Å². The molecule has 0 saturated heterocycles. The quantitative estimate of drug-likeness (QED) is 0.318. The molecule has 1 aromatic heterocycles. The van der Waals surface area contributed by atoms with Crippen LogP contribution in [-0.4, -0.2) is 0 Å². The van der Waals surface area contributed by atoms with E-state index in [9.17, 15) is 0 Å². The lowest BCUT2D eigenvalue weighted by Gasteiger charge is -2.10. The van der Waals surface area contributed by atoms with E-state index in [-0.39, 0.29) is 0 Å². The molecule has 0 radical (unpaired) electrons. The van der Waals surface area contributed by atoms with Crippen molar-refractivity contribution in [3.05, 3.63) is 96.0 Å². The number of halogens is 1. The third-order valence-electron chi connectivity index (χ3n) is 4.77. The molecule has 0 spiro atoms. The van der Waals surface area contributed by atoms with E-state index < -0.39 is 0 Å². The van der Waals surface area contributed by atoms with E-state index in [1.54, 1.807) is 0 Å². The average molecular weight is 355 g/mol. The Kier molecular flexibility index (Phi) is 3.55. The summed E-state index contributed by atoms with van der Waals surface area (Å²) >= 11 is 6.30. The highest BCUT2D eigenvalue weighted by Crippen LogP contribution is 2.38. The molecular weight excluding hydrogens is 340 g/mol. The zero-order valence-electron chi connectivity index (χ0n) is 13.9. The highest BCUT2D eigenvalue weighted by atomic mass is 35.5. The summed E-state index contributed by atoms with van der Waals surface area (Å²) in [7, 11) is 0. The molecule has 0 fully saturated rings. The number of benzene rings is 4. The van der Waals surface area contributed by atoms with Gasteiger partial charge in [0.25, 0.3) is 0 Å². The Morgan fingerprint density at radius 2 is 1.31 bits per heavy atom. The van der Waals surface area contributed by atoms with Gasteiger partial charge in [-0.05, 0) is 40.5 Å². The van der Waals surface area contributed by atoms with Crippen LogP contribution in [0.5, 0.6) is 0 Å². The van der Waals surface area contributed by atoms with Gasteiger partial charge in [-0.15, -0.1) is 0 Å². The zero-order chi connectivity index (χ0) is 17.5. The Hall–Kier alpha value is -3.03. The van der Waals surface area contributed by atoms with Crippen LogP contribution in [0.2, 0.25) is 5.02 Å². The molecule has 0 bridgehead atoms. The Balaban J connectivity index is 1.76. The topological polar surface area (TPSA) is 13.1 Å². The third kappa shape index (κ3) is 2.40. The lowest BCUT2D eigenvalue weighted by Crippen LogP contribution is -1.84. The molecule has 124 valence electrons. The summed E-state index contributed by atoms with van der Waals surface area (Å²) in [5.74, 6) is 0. The molecule has 4 aromatic carbocycles. The Morgan fingerprint density at radius 1 is 0.577 bits per heavy atom. The number of rotatable bonds is 2. The fourth-order valence-electron chi connectivity index (χ4n) is 3.54. The minimum atomic E-state index is 0.643. The highest BCUT2D eigenvalue weighted by molar-refractivity contribution is 6.35. The van der Waals surface area contributed by atoms with Crippen molar-refractivity contribution in [2.45, 2.75) is 0 Å². The van der Waals surface area contributed by atoms with Gasteiger partial charge in [-0.2, -0.15) is 0 Å². The Labute approximate surface area is 156 Å². The number of hydrogen-bond donors (Lipinski definition) is 0. The van der Waals surface area contributed by atoms with Crippen molar-refractivity contribution in [3.63, 3.8) is 0 Å². The van der Waals surface area contributed by atoms with E-state index in [4.69, 9.17) is 16.0 Å². The lowest BCUT2D eigenvalue weighted by atomic mass is 9.94. The minimum absolute atomic E-state index is 0.643. The van der Waals surface area contributed by atoms with Crippen LogP contribution < -0.4 is 0 Å². The maximum absolute atomic E-state index is 6.30. The number of para-hydroxylation sites is 1. The van der Waals surface area contributed by atoms with Crippen molar-refractivity contribution < 1.29 is 4.42 Å².